The zero-order valence-electron chi connectivity index (χ0n) is 17.3. The molecule has 3 rings (SSSR count). The molecule has 0 unspecified atom stereocenters. The first kappa shape index (κ1) is 23.4. The van der Waals surface area contributed by atoms with Crippen LogP contribution in [0.15, 0.2) is 36.4 Å². The molecule has 6 nitrogen and oxygen atoms in total. The fraction of sp³-hybridized carbons (Fsp3) is 0.333. The van der Waals surface area contributed by atoms with E-state index in [-0.39, 0.29) is 5.56 Å². The van der Waals surface area contributed by atoms with E-state index in [1.807, 2.05) is 6.92 Å². The molecule has 2 aromatic carbocycles. The zero-order chi connectivity index (χ0) is 23.3. The first-order valence-corrected chi connectivity index (χ1v) is 10.2. The Labute approximate surface area is 183 Å². The molecule has 0 bridgehead atoms. The van der Waals surface area contributed by atoms with Gasteiger partial charge < -0.3 is 19.7 Å². The lowest BCUT2D eigenvalue weighted by Gasteiger charge is -2.09. The average molecular weight is 444 g/mol. The van der Waals surface area contributed by atoms with Gasteiger partial charge in [0.1, 0.15) is 0 Å². The van der Waals surface area contributed by atoms with Crippen molar-refractivity contribution in [3.63, 3.8) is 0 Å². The number of hydrogen-bond donors (Lipinski definition) is 2. The second-order valence-corrected chi connectivity index (χ2v) is 7.35. The van der Waals surface area contributed by atoms with Crippen LogP contribution in [-0.4, -0.2) is 34.4 Å². The van der Waals surface area contributed by atoms with E-state index in [2.05, 4.69) is 11.8 Å². The molecule has 1 saturated heterocycles. The summed E-state index contributed by atoms with van der Waals surface area (Å²) in [6.07, 6.45) is -1.21. The van der Waals surface area contributed by atoms with Crippen LogP contribution in [0.25, 0.3) is 0 Å². The highest BCUT2D eigenvalue weighted by Gasteiger charge is 2.46. The monoisotopic (exact) mass is 444 g/mol. The maximum atomic E-state index is 14.3. The van der Waals surface area contributed by atoms with Crippen LogP contribution in [0.2, 0.25) is 0 Å². The fourth-order valence-corrected chi connectivity index (χ4v) is 3.28. The van der Waals surface area contributed by atoms with Gasteiger partial charge in [-0.1, -0.05) is 49.8 Å². The number of aryl methyl sites for hydroxylation is 1. The Morgan fingerprint density at radius 3 is 2.09 bits per heavy atom. The minimum absolute atomic E-state index is 0.0538. The second kappa shape index (κ2) is 10.4. The van der Waals surface area contributed by atoms with Crippen molar-refractivity contribution in [2.75, 3.05) is 0 Å². The van der Waals surface area contributed by atoms with Gasteiger partial charge in [-0.05, 0) is 36.6 Å². The summed E-state index contributed by atoms with van der Waals surface area (Å²) in [7, 11) is 0. The van der Waals surface area contributed by atoms with E-state index in [1.165, 1.54) is 18.2 Å². The van der Waals surface area contributed by atoms with Crippen molar-refractivity contribution >= 4 is 11.9 Å². The molecule has 2 N–H and O–H groups in total. The maximum Gasteiger partial charge on any atom is 0.336 e. The quantitative estimate of drug-likeness (QED) is 0.495. The van der Waals surface area contributed by atoms with E-state index in [1.54, 1.807) is 18.2 Å². The van der Waals surface area contributed by atoms with Crippen LogP contribution in [0.1, 0.15) is 54.7 Å². The Bertz CT molecular complexity index is 1030. The Balaban J connectivity index is 1.72. The van der Waals surface area contributed by atoms with E-state index in [4.69, 9.17) is 19.7 Å². The van der Waals surface area contributed by atoms with E-state index in [9.17, 15) is 18.4 Å². The van der Waals surface area contributed by atoms with E-state index < -0.39 is 42.1 Å². The van der Waals surface area contributed by atoms with E-state index in [0.29, 0.717) is 23.1 Å². The van der Waals surface area contributed by atoms with Gasteiger partial charge in [0.05, 0.1) is 5.56 Å². The molecule has 1 aliphatic heterocycles. The fourth-order valence-electron chi connectivity index (χ4n) is 3.28. The number of carboxylic acids is 2. The van der Waals surface area contributed by atoms with Crippen LogP contribution >= 0.6 is 0 Å². The topological polar surface area (TPSA) is 93.1 Å². The molecule has 168 valence electrons. The number of benzene rings is 2. The van der Waals surface area contributed by atoms with Crippen LogP contribution in [0, 0.1) is 23.5 Å². The summed E-state index contributed by atoms with van der Waals surface area (Å²) in [6.45, 7) is 2.04. The third kappa shape index (κ3) is 5.31. The van der Waals surface area contributed by atoms with Crippen LogP contribution < -0.4 is 0 Å². The van der Waals surface area contributed by atoms with Gasteiger partial charge in [0.15, 0.2) is 30.1 Å². The molecule has 0 aromatic heterocycles. The molecule has 32 heavy (non-hydrogen) atoms. The molecule has 2 aromatic rings. The number of ether oxygens (including phenoxy) is 2. The van der Waals surface area contributed by atoms with Crippen LogP contribution in [0.3, 0.4) is 0 Å². The van der Waals surface area contributed by atoms with Gasteiger partial charge in [-0.15, -0.1) is 0 Å². The van der Waals surface area contributed by atoms with Crippen molar-refractivity contribution in [1.82, 2.24) is 0 Å². The lowest BCUT2D eigenvalue weighted by Crippen LogP contribution is -2.36. The van der Waals surface area contributed by atoms with Crippen molar-refractivity contribution < 1.29 is 38.1 Å². The summed E-state index contributed by atoms with van der Waals surface area (Å²) < 4.78 is 39.0. The third-order valence-electron chi connectivity index (χ3n) is 5.04. The standard InChI is InChI=1S/C24H22F2O6/c1-2-3-4-5-15-12-13-16(19(26)18(15)25)9-6-14-7-10-17(11-8-14)24-31-20(22(27)28)21(32-24)23(29)30/h7-8,10-13,20-21,24H,2-5H2,1H3,(H,27,28)(H,29,30)/t20-,21-/m1/s1. The van der Waals surface area contributed by atoms with Gasteiger partial charge in [-0.3, -0.25) is 0 Å². The van der Waals surface area contributed by atoms with Crippen LogP contribution in [0.5, 0.6) is 0 Å². The number of aliphatic carboxylic acids is 2. The predicted molar refractivity (Wildman–Crippen MR) is 110 cm³/mol. The first-order valence-electron chi connectivity index (χ1n) is 10.2. The summed E-state index contributed by atoms with van der Waals surface area (Å²) >= 11 is 0. The maximum absolute atomic E-state index is 14.3. The lowest BCUT2D eigenvalue weighted by molar-refractivity contribution is -0.156. The van der Waals surface area contributed by atoms with Gasteiger partial charge in [0.25, 0.3) is 0 Å². The van der Waals surface area contributed by atoms with Crippen LogP contribution in [0.4, 0.5) is 8.78 Å². The first-order chi connectivity index (χ1) is 15.3. The summed E-state index contributed by atoms with van der Waals surface area (Å²) in [5.41, 5.74) is 1.17. The van der Waals surface area contributed by atoms with Gasteiger partial charge in [-0.2, -0.15) is 0 Å². The molecular formula is C24H22F2O6. The Morgan fingerprint density at radius 2 is 1.53 bits per heavy atom. The summed E-state index contributed by atoms with van der Waals surface area (Å²) in [5.74, 6) is 0.635. The summed E-state index contributed by atoms with van der Waals surface area (Å²) in [5, 5.41) is 18.2. The lowest BCUT2D eigenvalue weighted by atomic mass is 10.0. The largest absolute Gasteiger partial charge is 0.479 e. The highest BCUT2D eigenvalue weighted by Crippen LogP contribution is 2.31. The summed E-state index contributed by atoms with van der Waals surface area (Å²) in [4.78, 5) is 22.3. The van der Waals surface area contributed by atoms with Gasteiger partial charge in [0.2, 0.25) is 0 Å². The zero-order valence-corrected chi connectivity index (χ0v) is 17.3. The van der Waals surface area contributed by atoms with Crippen molar-refractivity contribution in [3.05, 3.63) is 70.3 Å². The predicted octanol–water partition coefficient (Wildman–Crippen LogP) is 4.05. The average Bonchev–Trinajstić information content (AvgIpc) is 3.23. The second-order valence-electron chi connectivity index (χ2n) is 7.35. The van der Waals surface area contributed by atoms with E-state index in [0.717, 1.165) is 19.3 Å². The van der Waals surface area contributed by atoms with Crippen molar-refractivity contribution in [2.45, 2.75) is 51.1 Å². The van der Waals surface area contributed by atoms with Gasteiger partial charge in [0, 0.05) is 11.1 Å². The van der Waals surface area contributed by atoms with Crippen molar-refractivity contribution in [3.8, 4) is 11.8 Å². The molecule has 0 aliphatic carbocycles. The Morgan fingerprint density at radius 1 is 0.906 bits per heavy atom. The smallest absolute Gasteiger partial charge is 0.336 e. The molecule has 2 atom stereocenters. The highest BCUT2D eigenvalue weighted by molar-refractivity contribution is 5.84. The molecule has 1 fully saturated rings. The third-order valence-corrected chi connectivity index (χ3v) is 5.04. The van der Waals surface area contributed by atoms with E-state index >= 15 is 0 Å². The molecule has 0 radical (unpaired) electrons. The Kier molecular flexibility index (Phi) is 7.57. The minimum atomic E-state index is -1.63. The SMILES string of the molecule is CCCCCc1ccc(C#Cc2ccc(C3O[C@@H](C(=O)O)[C@H](C(=O)O)O3)cc2)c(F)c1F. The molecule has 0 amide bonds. The normalized spacial score (nSPS) is 18.2. The van der Waals surface area contributed by atoms with Crippen LogP contribution in [-0.2, 0) is 25.5 Å². The number of hydrogen-bond acceptors (Lipinski definition) is 4. The number of rotatable bonds is 7. The molecule has 0 spiro atoms. The minimum Gasteiger partial charge on any atom is -0.479 e. The molecular weight excluding hydrogens is 422 g/mol. The number of halogens is 2. The molecule has 8 heteroatoms. The molecule has 1 aliphatic rings. The summed E-state index contributed by atoms with van der Waals surface area (Å²) in [6, 6.07) is 9.20. The number of unbranched alkanes of at least 4 members (excludes halogenated alkanes) is 2. The molecule has 0 saturated carbocycles. The molecule has 1 heterocycles. The van der Waals surface area contributed by atoms with Crippen molar-refractivity contribution in [2.24, 2.45) is 0 Å². The van der Waals surface area contributed by atoms with Gasteiger partial charge >= 0.3 is 11.9 Å². The highest BCUT2D eigenvalue weighted by atomic mass is 19.2. The van der Waals surface area contributed by atoms with Gasteiger partial charge in [-0.25, -0.2) is 18.4 Å². The van der Waals surface area contributed by atoms with Crippen molar-refractivity contribution in [1.29, 1.82) is 0 Å². The Hall–Kier alpha value is -3.28. The number of carbonyl (C=O) groups is 2. The number of carboxylic acid groups (broad SMARTS) is 2.